The first kappa shape index (κ1) is 12.4. The summed E-state index contributed by atoms with van der Waals surface area (Å²) in [6, 6.07) is 0.0621. The lowest BCUT2D eigenvalue weighted by molar-refractivity contribution is 0.206. The molecule has 0 radical (unpaired) electrons. The van der Waals surface area contributed by atoms with Crippen LogP contribution in [0.3, 0.4) is 0 Å². The Hall–Kier alpha value is -0.650. The first-order valence-electron chi connectivity index (χ1n) is 4.99. The lowest BCUT2D eigenvalue weighted by Crippen LogP contribution is -2.21. The molecule has 1 atom stereocenters. The summed E-state index contributed by atoms with van der Waals surface area (Å²) in [5.41, 5.74) is 6.89. The number of likely N-dealkylation sites (N-methyl/N-ethyl adjacent to an activating group) is 1. The molecule has 0 spiro atoms. The number of hydrogen-bond donors (Lipinski definition) is 1. The van der Waals surface area contributed by atoms with Gasteiger partial charge in [0.25, 0.3) is 0 Å². The summed E-state index contributed by atoms with van der Waals surface area (Å²) < 4.78 is 5.03. The van der Waals surface area contributed by atoms with Gasteiger partial charge in [0.05, 0.1) is 12.3 Å². The van der Waals surface area contributed by atoms with Crippen LogP contribution in [0.1, 0.15) is 23.5 Å². The third kappa shape index (κ3) is 3.15. The van der Waals surface area contributed by atoms with Gasteiger partial charge in [-0.3, -0.25) is 0 Å². The highest BCUT2D eigenvalue weighted by Crippen LogP contribution is 2.28. The number of methoxy groups -OCH3 is 1. The van der Waals surface area contributed by atoms with Crippen LogP contribution >= 0.6 is 11.3 Å². The summed E-state index contributed by atoms with van der Waals surface area (Å²) >= 11 is 1.66. The van der Waals surface area contributed by atoms with Crippen LogP contribution in [0.5, 0.6) is 0 Å². The second-order valence-corrected chi connectivity index (χ2v) is 4.66. The predicted molar refractivity (Wildman–Crippen MR) is 64.6 cm³/mol. The molecule has 0 amide bonds. The Labute approximate surface area is 95.1 Å². The smallest absolute Gasteiger partial charge is 0.185 e. The summed E-state index contributed by atoms with van der Waals surface area (Å²) in [5, 5.41) is 1.01. The minimum absolute atomic E-state index is 0.0621. The number of anilines is 1. The second-order valence-electron chi connectivity index (χ2n) is 3.65. The molecular weight excluding hydrogens is 210 g/mol. The van der Waals surface area contributed by atoms with E-state index in [0.717, 1.165) is 22.2 Å². The van der Waals surface area contributed by atoms with Crippen LogP contribution in [0.25, 0.3) is 0 Å². The van der Waals surface area contributed by atoms with E-state index in [2.05, 4.69) is 9.88 Å². The molecule has 0 saturated carbocycles. The molecule has 2 N–H and O–H groups in total. The van der Waals surface area contributed by atoms with Crippen molar-refractivity contribution >= 4 is 16.5 Å². The number of aryl methyl sites for hydroxylation is 1. The van der Waals surface area contributed by atoms with Gasteiger partial charge >= 0.3 is 0 Å². The van der Waals surface area contributed by atoms with Crippen LogP contribution in [0.4, 0.5) is 5.13 Å². The van der Waals surface area contributed by atoms with Gasteiger partial charge in [-0.05, 0) is 13.8 Å². The average Bonchev–Trinajstić information content (AvgIpc) is 2.56. The number of thiazole rings is 1. The van der Waals surface area contributed by atoms with E-state index >= 15 is 0 Å². The molecule has 0 aliphatic carbocycles. The molecule has 1 aromatic heterocycles. The van der Waals surface area contributed by atoms with Crippen molar-refractivity contribution in [1.29, 1.82) is 0 Å². The number of aromatic nitrogens is 1. The Morgan fingerprint density at radius 2 is 2.27 bits per heavy atom. The molecule has 0 aliphatic rings. The lowest BCUT2D eigenvalue weighted by Gasteiger charge is -2.14. The van der Waals surface area contributed by atoms with Crippen molar-refractivity contribution in [3.63, 3.8) is 0 Å². The zero-order valence-electron chi connectivity index (χ0n) is 9.78. The third-order valence-electron chi connectivity index (χ3n) is 2.19. The highest BCUT2D eigenvalue weighted by molar-refractivity contribution is 7.15. The zero-order chi connectivity index (χ0) is 11.4. The van der Waals surface area contributed by atoms with E-state index in [-0.39, 0.29) is 6.04 Å². The van der Waals surface area contributed by atoms with Gasteiger partial charge in [0, 0.05) is 31.6 Å². The van der Waals surface area contributed by atoms with Crippen LogP contribution in [0.15, 0.2) is 0 Å². The first-order valence-corrected chi connectivity index (χ1v) is 5.81. The molecule has 0 fully saturated rings. The molecule has 4 nitrogen and oxygen atoms in total. The van der Waals surface area contributed by atoms with Crippen LogP contribution in [-0.4, -0.2) is 32.3 Å². The Bertz CT molecular complexity index is 312. The molecule has 1 aromatic rings. The summed E-state index contributed by atoms with van der Waals surface area (Å²) in [4.78, 5) is 7.75. The molecule has 0 saturated heterocycles. The van der Waals surface area contributed by atoms with E-state index < -0.39 is 0 Å². The minimum atomic E-state index is 0.0621. The number of ether oxygens (including phenoxy) is 1. The van der Waals surface area contributed by atoms with Gasteiger partial charge in [-0.1, -0.05) is 0 Å². The van der Waals surface area contributed by atoms with Gasteiger partial charge in [-0.2, -0.15) is 0 Å². The molecular formula is C10H19N3OS. The van der Waals surface area contributed by atoms with Gasteiger partial charge in [0.1, 0.15) is 0 Å². The summed E-state index contributed by atoms with van der Waals surface area (Å²) in [6.45, 7) is 5.55. The SMILES string of the molecule is COCCN(C)c1nc(C)c(C(C)N)s1. The molecule has 5 heteroatoms. The van der Waals surface area contributed by atoms with Crippen molar-refractivity contribution in [3.8, 4) is 0 Å². The highest BCUT2D eigenvalue weighted by atomic mass is 32.1. The van der Waals surface area contributed by atoms with E-state index in [9.17, 15) is 0 Å². The fourth-order valence-corrected chi connectivity index (χ4v) is 2.31. The minimum Gasteiger partial charge on any atom is -0.383 e. The van der Waals surface area contributed by atoms with E-state index in [1.54, 1.807) is 18.4 Å². The molecule has 0 aliphatic heterocycles. The van der Waals surface area contributed by atoms with Crippen molar-refractivity contribution in [3.05, 3.63) is 10.6 Å². The van der Waals surface area contributed by atoms with Crippen LogP contribution in [-0.2, 0) is 4.74 Å². The third-order valence-corrected chi connectivity index (χ3v) is 3.66. The van der Waals surface area contributed by atoms with E-state index in [1.807, 2.05) is 20.9 Å². The average molecular weight is 229 g/mol. The van der Waals surface area contributed by atoms with Crippen molar-refractivity contribution < 1.29 is 4.74 Å². The standard InChI is InChI=1S/C10H19N3OS/c1-7(11)9-8(2)12-10(15-9)13(3)5-6-14-4/h7H,5-6,11H2,1-4H3. The maximum absolute atomic E-state index is 5.86. The largest absolute Gasteiger partial charge is 0.383 e. The van der Waals surface area contributed by atoms with Crippen molar-refractivity contribution in [2.75, 3.05) is 32.2 Å². The Balaban J connectivity index is 2.73. The topological polar surface area (TPSA) is 51.4 Å². The van der Waals surface area contributed by atoms with Crippen molar-refractivity contribution in [2.24, 2.45) is 5.73 Å². The van der Waals surface area contributed by atoms with Gasteiger partial charge in [-0.25, -0.2) is 4.98 Å². The Morgan fingerprint density at radius 1 is 1.60 bits per heavy atom. The molecule has 86 valence electrons. The Kier molecular flexibility index (Phi) is 4.50. The molecule has 1 unspecified atom stereocenters. The predicted octanol–water partition coefficient (Wildman–Crippen LogP) is 1.55. The maximum atomic E-state index is 5.86. The van der Waals surface area contributed by atoms with Crippen LogP contribution < -0.4 is 10.6 Å². The number of hydrogen-bond acceptors (Lipinski definition) is 5. The maximum Gasteiger partial charge on any atom is 0.185 e. The monoisotopic (exact) mass is 229 g/mol. The number of rotatable bonds is 5. The zero-order valence-corrected chi connectivity index (χ0v) is 10.6. The summed E-state index contributed by atoms with van der Waals surface area (Å²) in [5.74, 6) is 0. The fraction of sp³-hybridized carbons (Fsp3) is 0.700. The number of nitrogens with two attached hydrogens (primary N) is 1. The Morgan fingerprint density at radius 3 is 2.73 bits per heavy atom. The molecule has 1 rings (SSSR count). The molecule has 1 heterocycles. The van der Waals surface area contributed by atoms with Crippen molar-refractivity contribution in [1.82, 2.24) is 4.98 Å². The lowest BCUT2D eigenvalue weighted by atomic mass is 10.2. The van der Waals surface area contributed by atoms with Crippen molar-refractivity contribution in [2.45, 2.75) is 19.9 Å². The molecule has 15 heavy (non-hydrogen) atoms. The number of nitrogens with zero attached hydrogens (tertiary/aromatic N) is 2. The molecule has 0 aromatic carbocycles. The van der Waals surface area contributed by atoms with Crippen LogP contribution in [0, 0.1) is 6.92 Å². The van der Waals surface area contributed by atoms with E-state index in [1.165, 1.54) is 0 Å². The summed E-state index contributed by atoms with van der Waals surface area (Å²) in [7, 11) is 3.72. The van der Waals surface area contributed by atoms with Gasteiger partial charge in [-0.15, -0.1) is 11.3 Å². The van der Waals surface area contributed by atoms with E-state index in [0.29, 0.717) is 6.61 Å². The fourth-order valence-electron chi connectivity index (χ4n) is 1.30. The van der Waals surface area contributed by atoms with Gasteiger partial charge in [0.2, 0.25) is 0 Å². The summed E-state index contributed by atoms with van der Waals surface area (Å²) in [6.07, 6.45) is 0. The quantitative estimate of drug-likeness (QED) is 0.832. The molecule has 0 bridgehead atoms. The normalized spacial score (nSPS) is 12.9. The second kappa shape index (κ2) is 5.44. The van der Waals surface area contributed by atoms with E-state index in [4.69, 9.17) is 10.5 Å². The van der Waals surface area contributed by atoms with Gasteiger partial charge in [0.15, 0.2) is 5.13 Å². The highest BCUT2D eigenvalue weighted by Gasteiger charge is 2.13. The van der Waals surface area contributed by atoms with Crippen LogP contribution in [0.2, 0.25) is 0 Å². The van der Waals surface area contributed by atoms with Gasteiger partial charge < -0.3 is 15.4 Å². The first-order chi connectivity index (χ1) is 7.06.